The van der Waals surface area contributed by atoms with E-state index in [1.807, 2.05) is 0 Å². The van der Waals surface area contributed by atoms with Crippen LogP contribution in [-0.2, 0) is 24.0 Å². The maximum atomic E-state index is 12.5. The summed E-state index contributed by atoms with van der Waals surface area (Å²) in [6.07, 6.45) is -0.393. The Morgan fingerprint density at radius 1 is 0.862 bits per heavy atom. The van der Waals surface area contributed by atoms with Gasteiger partial charge in [0.25, 0.3) is 0 Å². The average molecular weight is 434 g/mol. The lowest BCUT2D eigenvalue weighted by Crippen LogP contribution is -2.59. The number of carboxylic acids is 1. The van der Waals surface area contributed by atoms with E-state index in [0.29, 0.717) is 0 Å². The molecule has 29 heavy (non-hydrogen) atoms. The van der Waals surface area contributed by atoms with Crippen LogP contribution in [-0.4, -0.2) is 64.6 Å². The first-order chi connectivity index (χ1) is 13.3. The molecule has 0 heterocycles. The van der Waals surface area contributed by atoms with Crippen LogP contribution in [0.4, 0.5) is 0 Å². The van der Waals surface area contributed by atoms with Crippen LogP contribution < -0.4 is 27.4 Å². The minimum absolute atomic E-state index is 0.100. The zero-order valence-electron chi connectivity index (χ0n) is 17.0. The second-order valence-corrected chi connectivity index (χ2v) is 7.68. The molecule has 8 N–H and O–H groups in total. The van der Waals surface area contributed by atoms with Gasteiger partial charge in [-0.1, -0.05) is 27.7 Å². The summed E-state index contributed by atoms with van der Waals surface area (Å²) < 4.78 is 0. The number of carbonyl (C=O) groups is 5. The summed E-state index contributed by atoms with van der Waals surface area (Å²) in [7, 11) is 0. The maximum absolute atomic E-state index is 12.5. The molecule has 4 amide bonds. The van der Waals surface area contributed by atoms with Gasteiger partial charge in [0.15, 0.2) is 0 Å². The van der Waals surface area contributed by atoms with Crippen molar-refractivity contribution in [3.05, 3.63) is 0 Å². The van der Waals surface area contributed by atoms with Crippen LogP contribution in [0, 0.1) is 11.8 Å². The van der Waals surface area contributed by atoms with E-state index in [0.717, 1.165) is 0 Å². The number of nitrogens with two attached hydrogens (primary N) is 2. The molecule has 0 saturated heterocycles. The summed E-state index contributed by atoms with van der Waals surface area (Å²) in [5.74, 6) is -4.93. The van der Waals surface area contributed by atoms with E-state index in [4.69, 9.17) is 11.5 Å². The predicted molar refractivity (Wildman–Crippen MR) is 109 cm³/mol. The molecule has 0 saturated carbocycles. The highest BCUT2D eigenvalue weighted by Crippen LogP contribution is 2.07. The van der Waals surface area contributed by atoms with E-state index in [9.17, 15) is 29.1 Å². The monoisotopic (exact) mass is 433 g/mol. The standard InChI is InChI=1S/C17H31N5O6S/c1-7(2)12(16(26)22-13(8(3)4)17(27)28)21-15(25)10(6-29)20-14(24)9(18)5-11(19)23/h7-10,12-13,29H,5-6,18H2,1-4H3,(H2,19,23)(H,20,24)(H,21,25)(H,22,26)(H,27,28). The number of carbonyl (C=O) groups excluding carboxylic acids is 4. The lowest BCUT2D eigenvalue weighted by atomic mass is 10.00. The molecule has 0 spiro atoms. The quantitative estimate of drug-likeness (QED) is 0.172. The highest BCUT2D eigenvalue weighted by atomic mass is 32.1. The van der Waals surface area contributed by atoms with E-state index < -0.39 is 60.2 Å². The molecule has 0 aromatic carbocycles. The molecule has 0 fully saturated rings. The molecule has 0 aliphatic heterocycles. The average Bonchev–Trinajstić information content (AvgIpc) is 2.59. The van der Waals surface area contributed by atoms with Crippen molar-refractivity contribution in [2.45, 2.75) is 58.3 Å². The topological polar surface area (TPSA) is 194 Å². The Bertz CT molecular complexity index is 627. The molecule has 4 atom stereocenters. The minimum atomic E-state index is -1.23. The van der Waals surface area contributed by atoms with E-state index in [1.165, 1.54) is 0 Å². The van der Waals surface area contributed by atoms with E-state index >= 15 is 0 Å². The molecule has 0 aliphatic rings. The molecule has 0 radical (unpaired) electrons. The van der Waals surface area contributed by atoms with Crippen LogP contribution >= 0.6 is 12.6 Å². The van der Waals surface area contributed by atoms with Gasteiger partial charge in [-0.3, -0.25) is 19.2 Å². The van der Waals surface area contributed by atoms with Crippen molar-refractivity contribution in [1.82, 2.24) is 16.0 Å². The van der Waals surface area contributed by atoms with Crippen molar-refractivity contribution < 1.29 is 29.1 Å². The summed E-state index contributed by atoms with van der Waals surface area (Å²) in [6, 6.07) is -4.51. The van der Waals surface area contributed by atoms with Gasteiger partial charge in [-0.05, 0) is 11.8 Å². The van der Waals surface area contributed by atoms with Crippen LogP contribution in [0.3, 0.4) is 0 Å². The SMILES string of the molecule is CC(C)C(NC(=O)C(NC(=O)C(CS)NC(=O)C(N)CC(N)=O)C(C)C)C(=O)O. The van der Waals surface area contributed by atoms with Gasteiger partial charge in [0.1, 0.15) is 18.1 Å². The molecular weight excluding hydrogens is 402 g/mol. The highest BCUT2D eigenvalue weighted by molar-refractivity contribution is 7.80. The fourth-order valence-corrected chi connectivity index (χ4v) is 2.58. The smallest absolute Gasteiger partial charge is 0.326 e. The van der Waals surface area contributed by atoms with E-state index in [-0.39, 0.29) is 17.6 Å². The molecule has 0 aliphatic carbocycles. The summed E-state index contributed by atoms with van der Waals surface area (Å²) in [5.41, 5.74) is 10.5. The number of nitrogens with one attached hydrogen (secondary N) is 3. The third-order valence-corrected chi connectivity index (χ3v) is 4.42. The van der Waals surface area contributed by atoms with Gasteiger partial charge >= 0.3 is 5.97 Å². The Hall–Kier alpha value is -2.34. The fraction of sp³-hybridized carbons (Fsp3) is 0.706. The van der Waals surface area contributed by atoms with Crippen molar-refractivity contribution in [2.75, 3.05) is 5.75 Å². The third-order valence-electron chi connectivity index (χ3n) is 4.05. The predicted octanol–water partition coefficient (Wildman–Crippen LogP) is -2.03. The molecule has 0 aromatic rings. The zero-order valence-corrected chi connectivity index (χ0v) is 17.9. The van der Waals surface area contributed by atoms with E-state index in [1.54, 1.807) is 27.7 Å². The van der Waals surface area contributed by atoms with Crippen molar-refractivity contribution in [1.29, 1.82) is 0 Å². The van der Waals surface area contributed by atoms with Crippen LogP contribution in [0.25, 0.3) is 0 Å². The Labute approximate surface area is 175 Å². The normalized spacial score (nSPS) is 15.2. The molecule has 11 nitrogen and oxygen atoms in total. The van der Waals surface area contributed by atoms with Crippen LogP contribution in [0.15, 0.2) is 0 Å². The Kier molecular flexibility index (Phi) is 11.3. The first-order valence-corrected chi connectivity index (χ1v) is 9.73. The van der Waals surface area contributed by atoms with Gasteiger partial charge in [-0.2, -0.15) is 12.6 Å². The second kappa shape index (κ2) is 12.3. The highest BCUT2D eigenvalue weighted by Gasteiger charge is 2.32. The Morgan fingerprint density at radius 2 is 1.34 bits per heavy atom. The maximum Gasteiger partial charge on any atom is 0.326 e. The first-order valence-electron chi connectivity index (χ1n) is 9.10. The zero-order chi connectivity index (χ0) is 22.9. The van der Waals surface area contributed by atoms with Crippen molar-refractivity contribution in [3.63, 3.8) is 0 Å². The summed E-state index contributed by atoms with van der Waals surface area (Å²) >= 11 is 4.02. The number of hydrogen-bond acceptors (Lipinski definition) is 7. The lowest BCUT2D eigenvalue weighted by Gasteiger charge is -2.27. The molecule has 0 aromatic heterocycles. The van der Waals surface area contributed by atoms with Crippen LogP contribution in [0.1, 0.15) is 34.1 Å². The summed E-state index contributed by atoms with van der Waals surface area (Å²) in [5, 5.41) is 16.5. The van der Waals surface area contributed by atoms with Gasteiger partial charge in [0.05, 0.1) is 12.5 Å². The third kappa shape index (κ3) is 9.13. The van der Waals surface area contributed by atoms with E-state index in [2.05, 4.69) is 28.6 Å². The van der Waals surface area contributed by atoms with Gasteiger partial charge in [-0.15, -0.1) is 0 Å². The molecule has 0 rings (SSSR count). The second-order valence-electron chi connectivity index (χ2n) is 7.32. The molecule has 12 heteroatoms. The molecule has 0 bridgehead atoms. The van der Waals surface area contributed by atoms with Crippen molar-refractivity contribution in [2.24, 2.45) is 23.3 Å². The minimum Gasteiger partial charge on any atom is -0.480 e. The van der Waals surface area contributed by atoms with Gasteiger partial charge in [0, 0.05) is 5.75 Å². The number of rotatable bonds is 12. The molecule has 4 unspecified atom stereocenters. The first kappa shape index (κ1) is 26.7. The summed E-state index contributed by atoms with van der Waals surface area (Å²) in [6.45, 7) is 6.63. The molecular formula is C17H31N5O6S. The number of hydrogen-bond donors (Lipinski definition) is 7. The number of aliphatic carboxylic acids is 1. The van der Waals surface area contributed by atoms with Gasteiger partial charge in [0.2, 0.25) is 23.6 Å². The largest absolute Gasteiger partial charge is 0.480 e. The summed E-state index contributed by atoms with van der Waals surface area (Å²) in [4.78, 5) is 59.2. The number of carboxylic acid groups (broad SMARTS) is 1. The molecule has 166 valence electrons. The Morgan fingerprint density at radius 3 is 1.72 bits per heavy atom. The van der Waals surface area contributed by atoms with Crippen molar-refractivity contribution in [3.8, 4) is 0 Å². The Balaban J connectivity index is 5.18. The van der Waals surface area contributed by atoms with Crippen LogP contribution in [0.2, 0.25) is 0 Å². The number of thiol groups is 1. The lowest BCUT2D eigenvalue weighted by molar-refractivity contribution is -0.143. The number of primary amides is 1. The number of amides is 4. The van der Waals surface area contributed by atoms with Crippen molar-refractivity contribution >= 4 is 42.2 Å². The van der Waals surface area contributed by atoms with Crippen LogP contribution in [0.5, 0.6) is 0 Å². The van der Waals surface area contributed by atoms with Gasteiger partial charge in [-0.25, -0.2) is 4.79 Å². The van der Waals surface area contributed by atoms with Gasteiger partial charge < -0.3 is 32.5 Å². The fourth-order valence-electron chi connectivity index (χ4n) is 2.33.